The summed E-state index contributed by atoms with van der Waals surface area (Å²) < 4.78 is 1.84. The lowest BCUT2D eigenvalue weighted by atomic mass is 10.1. The number of pyridine rings is 1. The van der Waals surface area contributed by atoms with Crippen molar-refractivity contribution >= 4 is 0 Å². The maximum Gasteiger partial charge on any atom is 0.153 e. The average Bonchev–Trinajstić information content (AvgIpc) is 2.87. The van der Waals surface area contributed by atoms with Crippen LogP contribution in [-0.4, -0.2) is 58.1 Å². The third-order valence-electron chi connectivity index (χ3n) is 3.62. The van der Waals surface area contributed by atoms with E-state index < -0.39 is 0 Å². The Morgan fingerprint density at radius 2 is 2.14 bits per heavy atom. The first-order valence-electron chi connectivity index (χ1n) is 7.51. The van der Waals surface area contributed by atoms with E-state index in [2.05, 4.69) is 22.3 Å². The smallest absolute Gasteiger partial charge is 0.153 e. The molecule has 120 valence electrons. The first-order valence-corrected chi connectivity index (χ1v) is 7.51. The summed E-state index contributed by atoms with van der Waals surface area (Å²) in [5, 5.41) is 17.7. The number of nitrogens with one attached hydrogen (secondary N) is 1. The van der Waals surface area contributed by atoms with Crippen molar-refractivity contribution in [2.45, 2.75) is 26.0 Å². The topological polar surface area (TPSA) is 66.2 Å². The standard InChI is InChI=1S/C16H25N5O/c1-12(18-9-14(22)11-20(3)4)15-10-19-21(13(15)2)16-7-5-6-8-17-16/h5-8,10,12,14,18,22H,9,11H2,1-4H3. The lowest BCUT2D eigenvalue weighted by molar-refractivity contribution is 0.132. The van der Waals surface area contributed by atoms with Crippen molar-refractivity contribution in [3.05, 3.63) is 41.9 Å². The fraction of sp³-hybridized carbons (Fsp3) is 0.500. The van der Waals surface area contributed by atoms with E-state index in [0.717, 1.165) is 17.1 Å². The molecule has 0 saturated heterocycles. The van der Waals surface area contributed by atoms with E-state index in [-0.39, 0.29) is 12.1 Å². The van der Waals surface area contributed by atoms with E-state index in [1.807, 2.05) is 55.0 Å². The average molecular weight is 303 g/mol. The van der Waals surface area contributed by atoms with Gasteiger partial charge < -0.3 is 15.3 Å². The van der Waals surface area contributed by atoms with Crippen LogP contribution in [0.1, 0.15) is 24.2 Å². The van der Waals surface area contributed by atoms with Crippen LogP contribution in [0.4, 0.5) is 0 Å². The number of aromatic nitrogens is 3. The molecule has 0 aliphatic heterocycles. The van der Waals surface area contributed by atoms with Gasteiger partial charge in [0.15, 0.2) is 5.82 Å². The second-order valence-corrected chi connectivity index (χ2v) is 5.83. The minimum absolute atomic E-state index is 0.120. The molecule has 2 aromatic heterocycles. The quantitative estimate of drug-likeness (QED) is 0.803. The molecule has 0 fully saturated rings. The fourth-order valence-electron chi connectivity index (χ4n) is 2.47. The Hall–Kier alpha value is -1.76. The Bertz CT molecular complexity index is 581. The third-order valence-corrected chi connectivity index (χ3v) is 3.62. The highest BCUT2D eigenvalue weighted by molar-refractivity contribution is 5.29. The summed E-state index contributed by atoms with van der Waals surface area (Å²) in [6.45, 7) is 5.31. The molecule has 0 aliphatic rings. The SMILES string of the molecule is Cc1c(C(C)NCC(O)CN(C)C)cnn1-c1ccccn1. The van der Waals surface area contributed by atoms with Crippen molar-refractivity contribution in [3.63, 3.8) is 0 Å². The van der Waals surface area contributed by atoms with Crippen LogP contribution in [0.25, 0.3) is 5.82 Å². The van der Waals surface area contributed by atoms with E-state index in [9.17, 15) is 5.11 Å². The van der Waals surface area contributed by atoms with E-state index in [4.69, 9.17) is 0 Å². The van der Waals surface area contributed by atoms with Crippen LogP contribution in [0.15, 0.2) is 30.6 Å². The summed E-state index contributed by atoms with van der Waals surface area (Å²) in [4.78, 5) is 6.30. The summed E-state index contributed by atoms with van der Waals surface area (Å²) >= 11 is 0. The molecule has 2 atom stereocenters. The van der Waals surface area contributed by atoms with Gasteiger partial charge in [-0.3, -0.25) is 0 Å². The van der Waals surface area contributed by atoms with Gasteiger partial charge in [-0.15, -0.1) is 0 Å². The molecule has 22 heavy (non-hydrogen) atoms. The molecule has 2 N–H and O–H groups in total. The van der Waals surface area contributed by atoms with Gasteiger partial charge in [0.25, 0.3) is 0 Å². The van der Waals surface area contributed by atoms with Gasteiger partial charge in [-0.25, -0.2) is 9.67 Å². The summed E-state index contributed by atoms with van der Waals surface area (Å²) in [5.74, 6) is 0.811. The Balaban J connectivity index is 2.02. The number of rotatable bonds is 7. The molecule has 6 nitrogen and oxygen atoms in total. The number of aliphatic hydroxyl groups is 1. The molecule has 0 saturated carbocycles. The van der Waals surface area contributed by atoms with Crippen molar-refractivity contribution < 1.29 is 5.11 Å². The molecule has 2 rings (SSSR count). The van der Waals surface area contributed by atoms with Crippen LogP contribution < -0.4 is 5.32 Å². The Morgan fingerprint density at radius 3 is 2.77 bits per heavy atom. The predicted molar refractivity (Wildman–Crippen MR) is 87.1 cm³/mol. The van der Waals surface area contributed by atoms with E-state index in [1.54, 1.807) is 6.20 Å². The summed E-state index contributed by atoms with van der Waals surface area (Å²) in [7, 11) is 3.90. The Morgan fingerprint density at radius 1 is 1.36 bits per heavy atom. The Kier molecular flexibility index (Phi) is 5.65. The molecule has 0 bridgehead atoms. The summed E-state index contributed by atoms with van der Waals surface area (Å²) in [5.41, 5.74) is 2.17. The largest absolute Gasteiger partial charge is 0.390 e. The number of hydrogen-bond acceptors (Lipinski definition) is 5. The first-order chi connectivity index (χ1) is 10.5. The highest BCUT2D eigenvalue weighted by atomic mass is 16.3. The number of aliphatic hydroxyl groups excluding tert-OH is 1. The molecule has 2 unspecified atom stereocenters. The van der Waals surface area contributed by atoms with Crippen molar-refractivity contribution in [2.24, 2.45) is 0 Å². The minimum atomic E-state index is -0.386. The lowest BCUT2D eigenvalue weighted by Gasteiger charge is -2.19. The van der Waals surface area contributed by atoms with E-state index in [0.29, 0.717) is 13.1 Å². The maximum absolute atomic E-state index is 9.93. The third kappa shape index (κ3) is 4.13. The van der Waals surface area contributed by atoms with Crippen molar-refractivity contribution in [2.75, 3.05) is 27.2 Å². The molecule has 0 aromatic carbocycles. The van der Waals surface area contributed by atoms with Gasteiger partial charge in [-0.1, -0.05) is 6.07 Å². The van der Waals surface area contributed by atoms with Gasteiger partial charge in [0.2, 0.25) is 0 Å². The summed E-state index contributed by atoms with van der Waals surface area (Å²) in [6.07, 6.45) is 3.23. The van der Waals surface area contributed by atoms with Gasteiger partial charge >= 0.3 is 0 Å². The molecule has 0 spiro atoms. The molecule has 0 amide bonds. The van der Waals surface area contributed by atoms with Crippen LogP contribution in [0, 0.1) is 6.92 Å². The second kappa shape index (κ2) is 7.49. The normalized spacial score (nSPS) is 14.3. The zero-order valence-corrected chi connectivity index (χ0v) is 13.7. The van der Waals surface area contributed by atoms with Gasteiger partial charge in [-0.2, -0.15) is 5.10 Å². The van der Waals surface area contributed by atoms with Crippen LogP contribution in [0.2, 0.25) is 0 Å². The first kappa shape index (κ1) is 16.6. The van der Waals surface area contributed by atoms with Crippen LogP contribution in [0.5, 0.6) is 0 Å². The van der Waals surface area contributed by atoms with E-state index >= 15 is 0 Å². The molecule has 0 radical (unpaired) electrons. The molecule has 2 aromatic rings. The van der Waals surface area contributed by atoms with Gasteiger partial charge in [0.05, 0.1) is 12.3 Å². The molecule has 6 heteroatoms. The van der Waals surface area contributed by atoms with Crippen molar-refractivity contribution in [1.29, 1.82) is 0 Å². The predicted octanol–water partition coefficient (Wildman–Crippen LogP) is 1.15. The summed E-state index contributed by atoms with van der Waals surface area (Å²) in [6, 6.07) is 5.89. The molecular weight excluding hydrogens is 278 g/mol. The van der Waals surface area contributed by atoms with Crippen LogP contribution in [-0.2, 0) is 0 Å². The number of likely N-dealkylation sites (N-methyl/N-ethyl adjacent to an activating group) is 1. The molecule has 2 heterocycles. The lowest BCUT2D eigenvalue weighted by Crippen LogP contribution is -2.36. The van der Waals surface area contributed by atoms with Crippen molar-refractivity contribution in [3.8, 4) is 5.82 Å². The second-order valence-electron chi connectivity index (χ2n) is 5.83. The zero-order chi connectivity index (χ0) is 16.1. The zero-order valence-electron chi connectivity index (χ0n) is 13.7. The highest BCUT2D eigenvalue weighted by Crippen LogP contribution is 2.19. The van der Waals surface area contributed by atoms with Crippen molar-refractivity contribution in [1.82, 2.24) is 25.0 Å². The monoisotopic (exact) mass is 303 g/mol. The minimum Gasteiger partial charge on any atom is -0.390 e. The van der Waals surface area contributed by atoms with Crippen LogP contribution >= 0.6 is 0 Å². The molecular formula is C16H25N5O. The van der Waals surface area contributed by atoms with E-state index in [1.165, 1.54) is 0 Å². The Labute approximate surface area is 131 Å². The maximum atomic E-state index is 9.93. The fourth-order valence-corrected chi connectivity index (χ4v) is 2.47. The van der Waals surface area contributed by atoms with Gasteiger partial charge in [0, 0.05) is 36.6 Å². The number of nitrogens with zero attached hydrogens (tertiary/aromatic N) is 4. The number of hydrogen-bond donors (Lipinski definition) is 2. The van der Waals surface area contributed by atoms with Gasteiger partial charge in [-0.05, 0) is 40.1 Å². The highest BCUT2D eigenvalue weighted by Gasteiger charge is 2.15. The van der Waals surface area contributed by atoms with Crippen LogP contribution in [0.3, 0.4) is 0 Å². The molecule has 0 aliphatic carbocycles. The van der Waals surface area contributed by atoms with Gasteiger partial charge in [0.1, 0.15) is 0 Å².